The van der Waals surface area contributed by atoms with E-state index in [4.69, 9.17) is 0 Å². The molecule has 0 aliphatic rings. The minimum absolute atomic E-state index is 0.0756. The van der Waals surface area contributed by atoms with Crippen LogP contribution in [-0.4, -0.2) is 15.9 Å². The zero-order chi connectivity index (χ0) is 13.9. The summed E-state index contributed by atoms with van der Waals surface area (Å²) in [5.74, 6) is -0.705. The lowest BCUT2D eigenvalue weighted by molar-refractivity contribution is -0.159. The minimum Gasteiger partial charge on any atom is -0.329 e. The zero-order valence-corrected chi connectivity index (χ0v) is 10.5. The lowest BCUT2D eigenvalue weighted by Crippen LogP contribution is -2.04. The Hall–Kier alpha value is -1.76. The summed E-state index contributed by atoms with van der Waals surface area (Å²) in [5.41, 5.74) is 0.480. The fourth-order valence-electron chi connectivity index (χ4n) is 1.34. The Morgan fingerprint density at radius 1 is 1.37 bits per heavy atom. The van der Waals surface area contributed by atoms with Gasteiger partial charge in [0.05, 0.1) is 0 Å². The number of alkyl halides is 3. The van der Waals surface area contributed by atoms with Gasteiger partial charge >= 0.3 is 12.1 Å². The summed E-state index contributed by atoms with van der Waals surface area (Å²) in [6, 6.07) is 6.91. The van der Waals surface area contributed by atoms with E-state index in [1.165, 1.54) is 11.8 Å². The van der Waals surface area contributed by atoms with Crippen LogP contribution in [0.15, 0.2) is 46.3 Å². The van der Waals surface area contributed by atoms with Crippen LogP contribution < -0.4 is 0 Å². The van der Waals surface area contributed by atoms with Crippen molar-refractivity contribution in [3.05, 3.63) is 42.8 Å². The van der Waals surface area contributed by atoms with Crippen molar-refractivity contribution in [2.45, 2.75) is 11.1 Å². The third-order valence-electron chi connectivity index (χ3n) is 2.13. The van der Waals surface area contributed by atoms with Gasteiger partial charge in [-0.3, -0.25) is 0 Å². The summed E-state index contributed by atoms with van der Waals surface area (Å²) in [5, 5.41) is 3.34. The number of halogens is 3. The molecule has 0 unspecified atom stereocenters. The van der Waals surface area contributed by atoms with E-state index in [0.717, 1.165) is 4.90 Å². The SMILES string of the molecule is C=CCSc1cccc(-c2noc(C(F)(F)F)n2)c1. The first-order valence-electron chi connectivity index (χ1n) is 5.26. The predicted octanol–water partition coefficient (Wildman–Crippen LogP) is 4.03. The monoisotopic (exact) mass is 286 g/mol. The Kier molecular flexibility index (Phi) is 3.94. The zero-order valence-electron chi connectivity index (χ0n) is 9.65. The van der Waals surface area contributed by atoms with Crippen molar-refractivity contribution in [2.24, 2.45) is 0 Å². The number of benzene rings is 1. The molecule has 2 rings (SSSR count). The van der Waals surface area contributed by atoms with E-state index in [-0.39, 0.29) is 5.82 Å². The molecule has 0 aliphatic heterocycles. The van der Waals surface area contributed by atoms with Crippen molar-refractivity contribution < 1.29 is 17.7 Å². The van der Waals surface area contributed by atoms with Gasteiger partial charge in [0.1, 0.15) is 0 Å². The van der Waals surface area contributed by atoms with Crippen LogP contribution in [0.1, 0.15) is 5.89 Å². The third kappa shape index (κ3) is 3.37. The molecule has 0 saturated carbocycles. The van der Waals surface area contributed by atoms with Crippen LogP contribution in [0.2, 0.25) is 0 Å². The first kappa shape index (κ1) is 13.7. The lowest BCUT2D eigenvalue weighted by atomic mass is 10.2. The van der Waals surface area contributed by atoms with E-state index in [1.807, 2.05) is 6.07 Å². The van der Waals surface area contributed by atoms with E-state index in [1.54, 1.807) is 24.3 Å². The summed E-state index contributed by atoms with van der Waals surface area (Å²) in [7, 11) is 0. The van der Waals surface area contributed by atoms with Gasteiger partial charge in [0, 0.05) is 16.2 Å². The molecule has 1 aromatic heterocycles. The topological polar surface area (TPSA) is 38.9 Å². The normalized spacial score (nSPS) is 11.5. The van der Waals surface area contributed by atoms with Gasteiger partial charge < -0.3 is 4.52 Å². The summed E-state index contributed by atoms with van der Waals surface area (Å²) in [6.45, 7) is 3.60. The molecule has 100 valence electrons. The van der Waals surface area contributed by atoms with Crippen LogP contribution in [0, 0.1) is 0 Å². The standard InChI is InChI=1S/C12H9F3N2OS/c1-2-6-19-9-5-3-4-8(7-9)10-16-11(18-17-10)12(13,14)15/h2-5,7H,1,6H2. The van der Waals surface area contributed by atoms with Gasteiger partial charge in [-0.25, -0.2) is 0 Å². The molecule has 0 amide bonds. The molecular formula is C12H9F3N2OS. The minimum atomic E-state index is -4.62. The Morgan fingerprint density at radius 2 is 2.16 bits per heavy atom. The van der Waals surface area contributed by atoms with E-state index in [9.17, 15) is 13.2 Å². The molecule has 0 aliphatic carbocycles. The van der Waals surface area contributed by atoms with Crippen molar-refractivity contribution in [1.82, 2.24) is 10.1 Å². The highest BCUT2D eigenvalue weighted by molar-refractivity contribution is 7.99. The number of hydrogen-bond donors (Lipinski definition) is 0. The second-order valence-corrected chi connectivity index (χ2v) is 4.64. The van der Waals surface area contributed by atoms with Gasteiger partial charge in [-0.15, -0.1) is 18.3 Å². The van der Waals surface area contributed by atoms with Crippen molar-refractivity contribution in [3.8, 4) is 11.4 Å². The van der Waals surface area contributed by atoms with Crippen LogP contribution in [-0.2, 0) is 6.18 Å². The molecular weight excluding hydrogens is 277 g/mol. The maximum Gasteiger partial charge on any atom is 0.471 e. The van der Waals surface area contributed by atoms with Gasteiger partial charge in [-0.2, -0.15) is 18.2 Å². The van der Waals surface area contributed by atoms with Crippen molar-refractivity contribution in [1.29, 1.82) is 0 Å². The first-order chi connectivity index (χ1) is 9.00. The fraction of sp³-hybridized carbons (Fsp3) is 0.167. The number of rotatable bonds is 4. The third-order valence-corrected chi connectivity index (χ3v) is 3.12. The molecule has 0 N–H and O–H groups in total. The number of hydrogen-bond acceptors (Lipinski definition) is 4. The molecule has 0 bridgehead atoms. The molecule has 19 heavy (non-hydrogen) atoms. The Labute approximate surface area is 111 Å². The molecule has 7 heteroatoms. The second kappa shape index (κ2) is 5.48. The summed E-state index contributed by atoms with van der Waals surface area (Å²) < 4.78 is 41.2. The molecule has 0 atom stereocenters. The van der Waals surface area contributed by atoms with Crippen molar-refractivity contribution in [3.63, 3.8) is 0 Å². The van der Waals surface area contributed by atoms with E-state index < -0.39 is 12.1 Å². The molecule has 3 nitrogen and oxygen atoms in total. The predicted molar refractivity (Wildman–Crippen MR) is 65.7 cm³/mol. The maximum atomic E-state index is 12.4. The van der Waals surface area contributed by atoms with Crippen LogP contribution >= 0.6 is 11.8 Å². The lowest BCUT2D eigenvalue weighted by Gasteiger charge is -2.00. The van der Waals surface area contributed by atoms with E-state index in [0.29, 0.717) is 11.3 Å². The number of nitrogens with zero attached hydrogens (tertiary/aromatic N) is 2. The maximum absolute atomic E-state index is 12.4. The van der Waals surface area contributed by atoms with Gasteiger partial charge in [-0.1, -0.05) is 23.4 Å². The van der Waals surface area contributed by atoms with Gasteiger partial charge in [0.15, 0.2) is 0 Å². The molecule has 1 aromatic carbocycles. The van der Waals surface area contributed by atoms with E-state index in [2.05, 4.69) is 21.2 Å². The number of aromatic nitrogens is 2. The van der Waals surface area contributed by atoms with Crippen LogP contribution in [0.5, 0.6) is 0 Å². The molecule has 0 saturated heterocycles. The summed E-state index contributed by atoms with van der Waals surface area (Å²) >= 11 is 1.52. The van der Waals surface area contributed by atoms with Crippen molar-refractivity contribution >= 4 is 11.8 Å². The Bertz CT molecular complexity index is 580. The van der Waals surface area contributed by atoms with Gasteiger partial charge in [0.2, 0.25) is 5.82 Å². The van der Waals surface area contributed by atoms with Gasteiger partial charge in [0.25, 0.3) is 0 Å². The average Bonchev–Trinajstić information content (AvgIpc) is 2.86. The highest BCUT2D eigenvalue weighted by Gasteiger charge is 2.38. The molecule has 0 fully saturated rings. The molecule has 0 radical (unpaired) electrons. The van der Waals surface area contributed by atoms with Crippen molar-refractivity contribution in [2.75, 3.05) is 5.75 Å². The summed E-state index contributed by atoms with van der Waals surface area (Å²) in [6.07, 6.45) is -2.88. The van der Waals surface area contributed by atoms with Gasteiger partial charge in [-0.05, 0) is 12.1 Å². The molecule has 1 heterocycles. The molecule has 0 spiro atoms. The fourth-order valence-corrected chi connectivity index (χ4v) is 2.03. The smallest absolute Gasteiger partial charge is 0.329 e. The molecule has 2 aromatic rings. The highest BCUT2D eigenvalue weighted by Crippen LogP contribution is 2.30. The Morgan fingerprint density at radius 3 is 2.79 bits per heavy atom. The van der Waals surface area contributed by atoms with Crippen LogP contribution in [0.3, 0.4) is 0 Å². The Balaban J connectivity index is 2.26. The van der Waals surface area contributed by atoms with E-state index >= 15 is 0 Å². The quantitative estimate of drug-likeness (QED) is 0.628. The first-order valence-corrected chi connectivity index (χ1v) is 6.24. The number of thioether (sulfide) groups is 1. The van der Waals surface area contributed by atoms with Crippen LogP contribution in [0.25, 0.3) is 11.4 Å². The summed E-state index contributed by atoms with van der Waals surface area (Å²) in [4.78, 5) is 4.24. The average molecular weight is 286 g/mol. The van der Waals surface area contributed by atoms with Crippen LogP contribution in [0.4, 0.5) is 13.2 Å². The second-order valence-electron chi connectivity index (χ2n) is 3.55. The largest absolute Gasteiger partial charge is 0.471 e. The highest BCUT2D eigenvalue weighted by atomic mass is 32.2.